The molecule has 0 aromatic rings. The maximum atomic E-state index is 11.7. The summed E-state index contributed by atoms with van der Waals surface area (Å²) in [6.07, 6.45) is 19.6. The molecule has 0 heterocycles. The molecule has 0 aromatic carbocycles. The van der Waals surface area contributed by atoms with Crippen molar-refractivity contribution in [1.29, 1.82) is 0 Å². The maximum Gasteiger partial charge on any atom is 0.303 e. The lowest BCUT2D eigenvalue weighted by molar-refractivity contribution is -0.136. The number of carbonyl (C=O) groups is 2. The smallest absolute Gasteiger partial charge is 0.303 e. The summed E-state index contributed by atoms with van der Waals surface area (Å²) >= 11 is 0. The van der Waals surface area contributed by atoms with Gasteiger partial charge in [0, 0.05) is 19.4 Å². The summed E-state index contributed by atoms with van der Waals surface area (Å²) in [6, 6.07) is 0. The molecular weight excluding hydrogens is 364 g/mol. The standard InChI is InChI=1S/C21H44N2O.C3H6O2/c1-4-5-6-7-8-9-10-11-12-13-14-15-16-18-21(24)22-19-17-20-23(2)3;1-2-3(4)5/h4-20H2,1-3H3,(H,22,24);2H2,1H3,(H,4,5). The molecule has 0 radical (unpaired) electrons. The average Bonchev–Trinajstić information content (AvgIpc) is 2.69. The summed E-state index contributed by atoms with van der Waals surface area (Å²) in [5.41, 5.74) is 0. The monoisotopic (exact) mass is 414 g/mol. The van der Waals surface area contributed by atoms with Crippen LogP contribution in [-0.4, -0.2) is 49.1 Å². The van der Waals surface area contributed by atoms with Crippen LogP contribution >= 0.6 is 0 Å². The van der Waals surface area contributed by atoms with E-state index in [0.717, 1.165) is 25.9 Å². The van der Waals surface area contributed by atoms with Crippen LogP contribution in [0.3, 0.4) is 0 Å². The van der Waals surface area contributed by atoms with Crippen LogP contribution in [0.25, 0.3) is 0 Å². The molecule has 0 aliphatic carbocycles. The Bertz CT molecular complexity index is 360. The summed E-state index contributed by atoms with van der Waals surface area (Å²) in [5, 5.41) is 10.7. The molecule has 2 N–H and O–H groups in total. The van der Waals surface area contributed by atoms with E-state index in [0.29, 0.717) is 6.42 Å². The molecule has 174 valence electrons. The second-order valence-corrected chi connectivity index (χ2v) is 8.25. The second kappa shape index (κ2) is 24.9. The van der Waals surface area contributed by atoms with Crippen molar-refractivity contribution < 1.29 is 14.7 Å². The Labute approximate surface area is 181 Å². The van der Waals surface area contributed by atoms with E-state index in [9.17, 15) is 9.59 Å². The second-order valence-electron chi connectivity index (χ2n) is 8.25. The van der Waals surface area contributed by atoms with E-state index in [1.54, 1.807) is 6.92 Å². The minimum Gasteiger partial charge on any atom is -0.481 e. The van der Waals surface area contributed by atoms with Gasteiger partial charge in [0.2, 0.25) is 5.91 Å². The highest BCUT2D eigenvalue weighted by Gasteiger charge is 2.00. The first-order chi connectivity index (χ1) is 13.9. The summed E-state index contributed by atoms with van der Waals surface area (Å²) in [7, 11) is 4.13. The molecule has 5 nitrogen and oxygen atoms in total. The zero-order chi connectivity index (χ0) is 22.2. The Morgan fingerprint density at radius 2 is 1.14 bits per heavy atom. The molecule has 5 heteroatoms. The molecule has 29 heavy (non-hydrogen) atoms. The van der Waals surface area contributed by atoms with Gasteiger partial charge in [-0.05, 0) is 33.5 Å². The zero-order valence-electron chi connectivity index (χ0n) is 19.9. The van der Waals surface area contributed by atoms with Crippen molar-refractivity contribution in [3.8, 4) is 0 Å². The van der Waals surface area contributed by atoms with Crippen LogP contribution in [0.5, 0.6) is 0 Å². The van der Waals surface area contributed by atoms with Gasteiger partial charge in [0.1, 0.15) is 0 Å². The van der Waals surface area contributed by atoms with Crippen LogP contribution in [-0.2, 0) is 9.59 Å². The third-order valence-corrected chi connectivity index (χ3v) is 4.91. The Balaban J connectivity index is 0. The molecular formula is C24H50N2O3. The number of hydrogen-bond acceptors (Lipinski definition) is 3. The Morgan fingerprint density at radius 3 is 1.52 bits per heavy atom. The number of nitrogens with zero attached hydrogens (tertiary/aromatic N) is 1. The van der Waals surface area contributed by atoms with E-state index in [1.807, 2.05) is 0 Å². The fraction of sp³-hybridized carbons (Fsp3) is 0.917. The van der Waals surface area contributed by atoms with Gasteiger partial charge in [0.05, 0.1) is 0 Å². The lowest BCUT2D eigenvalue weighted by Gasteiger charge is -2.09. The van der Waals surface area contributed by atoms with Crippen LogP contribution in [0, 0.1) is 0 Å². The van der Waals surface area contributed by atoms with Crippen LogP contribution < -0.4 is 5.32 Å². The fourth-order valence-electron chi connectivity index (χ4n) is 3.01. The van der Waals surface area contributed by atoms with Crippen molar-refractivity contribution in [3.63, 3.8) is 0 Å². The summed E-state index contributed by atoms with van der Waals surface area (Å²) in [6.45, 7) is 5.73. The predicted molar refractivity (Wildman–Crippen MR) is 124 cm³/mol. The number of amides is 1. The highest BCUT2D eigenvalue weighted by atomic mass is 16.4. The molecule has 0 spiro atoms. The quantitative estimate of drug-likeness (QED) is 0.254. The molecule has 0 rings (SSSR count). The molecule has 0 unspecified atom stereocenters. The highest BCUT2D eigenvalue weighted by molar-refractivity contribution is 5.75. The van der Waals surface area contributed by atoms with Gasteiger partial charge in [-0.3, -0.25) is 9.59 Å². The average molecular weight is 415 g/mol. The maximum absolute atomic E-state index is 11.7. The topological polar surface area (TPSA) is 69.6 Å². The lowest BCUT2D eigenvalue weighted by atomic mass is 10.0. The third-order valence-electron chi connectivity index (χ3n) is 4.91. The van der Waals surface area contributed by atoms with Crippen molar-refractivity contribution in [2.75, 3.05) is 27.2 Å². The lowest BCUT2D eigenvalue weighted by Crippen LogP contribution is -2.26. The van der Waals surface area contributed by atoms with Crippen molar-refractivity contribution in [3.05, 3.63) is 0 Å². The molecule has 0 saturated carbocycles. The molecule has 0 aliphatic rings. The molecule has 0 bridgehead atoms. The van der Waals surface area contributed by atoms with Crippen LogP contribution in [0.2, 0.25) is 0 Å². The number of aliphatic carboxylic acids is 1. The minimum absolute atomic E-state index is 0.222. The number of carbonyl (C=O) groups excluding carboxylic acids is 1. The Kier molecular flexibility index (Phi) is 25.9. The molecule has 0 aliphatic heterocycles. The number of nitrogens with one attached hydrogen (secondary N) is 1. The highest BCUT2D eigenvalue weighted by Crippen LogP contribution is 2.12. The first-order valence-electron chi connectivity index (χ1n) is 12.1. The van der Waals surface area contributed by atoms with Gasteiger partial charge in [0.25, 0.3) is 0 Å². The Morgan fingerprint density at radius 1 is 0.724 bits per heavy atom. The molecule has 0 atom stereocenters. The molecule has 1 amide bonds. The van der Waals surface area contributed by atoms with Crippen molar-refractivity contribution >= 4 is 11.9 Å². The van der Waals surface area contributed by atoms with E-state index in [2.05, 4.69) is 31.2 Å². The van der Waals surface area contributed by atoms with E-state index in [1.165, 1.54) is 77.0 Å². The van der Waals surface area contributed by atoms with Gasteiger partial charge in [-0.15, -0.1) is 0 Å². The van der Waals surface area contributed by atoms with Gasteiger partial charge in [0.15, 0.2) is 0 Å². The number of carboxylic acids is 1. The van der Waals surface area contributed by atoms with E-state index < -0.39 is 5.97 Å². The molecule has 0 fully saturated rings. The van der Waals surface area contributed by atoms with E-state index in [4.69, 9.17) is 5.11 Å². The first-order valence-corrected chi connectivity index (χ1v) is 12.1. The van der Waals surface area contributed by atoms with Gasteiger partial charge in [-0.1, -0.05) is 90.9 Å². The summed E-state index contributed by atoms with van der Waals surface area (Å²) in [5.74, 6) is -0.512. The summed E-state index contributed by atoms with van der Waals surface area (Å²) in [4.78, 5) is 23.2. The molecule has 0 saturated heterocycles. The molecule has 0 aromatic heterocycles. The predicted octanol–water partition coefficient (Wildman–Crippen LogP) is 6.02. The SMILES string of the molecule is CCC(=O)O.CCCCCCCCCCCCCCCC(=O)NCCCN(C)C. The van der Waals surface area contributed by atoms with Crippen molar-refractivity contribution in [1.82, 2.24) is 10.2 Å². The largest absolute Gasteiger partial charge is 0.481 e. The zero-order valence-corrected chi connectivity index (χ0v) is 19.9. The fourth-order valence-corrected chi connectivity index (χ4v) is 3.01. The number of hydrogen-bond donors (Lipinski definition) is 2. The normalized spacial score (nSPS) is 10.5. The number of rotatable bonds is 19. The van der Waals surface area contributed by atoms with Gasteiger partial charge < -0.3 is 15.3 Å². The van der Waals surface area contributed by atoms with Crippen LogP contribution in [0.1, 0.15) is 117 Å². The van der Waals surface area contributed by atoms with Crippen molar-refractivity contribution in [2.45, 2.75) is 117 Å². The first kappa shape index (κ1) is 30.1. The van der Waals surface area contributed by atoms with Crippen molar-refractivity contribution in [2.24, 2.45) is 0 Å². The third kappa shape index (κ3) is 31.8. The summed E-state index contributed by atoms with van der Waals surface area (Å²) < 4.78 is 0. The van der Waals surface area contributed by atoms with E-state index in [-0.39, 0.29) is 12.3 Å². The minimum atomic E-state index is -0.745. The van der Waals surface area contributed by atoms with Crippen LogP contribution in [0.4, 0.5) is 0 Å². The van der Waals surface area contributed by atoms with Gasteiger partial charge in [-0.2, -0.15) is 0 Å². The van der Waals surface area contributed by atoms with Crippen LogP contribution in [0.15, 0.2) is 0 Å². The van der Waals surface area contributed by atoms with E-state index >= 15 is 0 Å². The van der Waals surface area contributed by atoms with Gasteiger partial charge >= 0.3 is 5.97 Å². The van der Waals surface area contributed by atoms with Gasteiger partial charge in [-0.25, -0.2) is 0 Å². The Hall–Kier alpha value is -1.10. The number of unbranched alkanes of at least 4 members (excludes halogenated alkanes) is 12. The number of carboxylic acid groups (broad SMARTS) is 1.